The van der Waals surface area contributed by atoms with Gasteiger partial charge in [-0.3, -0.25) is 0 Å². The fourth-order valence-electron chi connectivity index (χ4n) is 4.45. The van der Waals surface area contributed by atoms with Crippen LogP contribution in [0.1, 0.15) is 25.8 Å². The second-order valence-electron chi connectivity index (χ2n) is 9.23. The van der Waals surface area contributed by atoms with E-state index in [0.29, 0.717) is 32.2 Å². The molecule has 2 saturated heterocycles. The normalized spacial score (nSPS) is 18.3. The Balaban J connectivity index is 1.55. The van der Waals surface area contributed by atoms with Gasteiger partial charge >= 0.3 is 6.03 Å². The molecule has 3 heterocycles. The average Bonchev–Trinajstić information content (AvgIpc) is 3.32. The van der Waals surface area contributed by atoms with E-state index in [2.05, 4.69) is 15.2 Å². The minimum atomic E-state index is -0.120. The first-order valence-electron chi connectivity index (χ1n) is 12.3. The number of nitrogens with one attached hydrogen (secondary N) is 1. The number of morpholine rings is 1. The number of benzene rings is 1. The molecule has 1 atom stereocenters. The molecule has 9 nitrogen and oxygen atoms in total. The van der Waals surface area contributed by atoms with Crippen molar-refractivity contribution >= 4 is 17.5 Å². The maximum absolute atomic E-state index is 12.9. The van der Waals surface area contributed by atoms with Gasteiger partial charge in [0.25, 0.3) is 0 Å². The molecular formula is C26H36N4O5. The van der Waals surface area contributed by atoms with E-state index < -0.39 is 0 Å². The number of likely N-dealkylation sites (tertiary alicyclic amines) is 1. The van der Waals surface area contributed by atoms with Crippen LogP contribution in [0.25, 0.3) is 11.1 Å². The zero-order valence-electron chi connectivity index (χ0n) is 20.8. The molecule has 2 aliphatic heterocycles. The third-order valence-corrected chi connectivity index (χ3v) is 6.16. The highest BCUT2D eigenvalue weighted by Crippen LogP contribution is 2.32. The number of hydrogen-bond donors (Lipinski definition) is 2. The summed E-state index contributed by atoms with van der Waals surface area (Å²) in [6, 6.07) is 9.71. The second kappa shape index (κ2) is 11.7. The monoisotopic (exact) mass is 484 g/mol. The van der Waals surface area contributed by atoms with Crippen molar-refractivity contribution in [1.29, 1.82) is 0 Å². The number of nitrogens with zero attached hydrogens (tertiary/aromatic N) is 3. The van der Waals surface area contributed by atoms with Gasteiger partial charge in [0.2, 0.25) is 5.88 Å². The number of anilines is 2. The van der Waals surface area contributed by atoms with Gasteiger partial charge in [-0.1, -0.05) is 6.07 Å². The van der Waals surface area contributed by atoms with Crippen molar-refractivity contribution in [2.24, 2.45) is 0 Å². The third kappa shape index (κ3) is 6.62. The van der Waals surface area contributed by atoms with Crippen LogP contribution in [0.2, 0.25) is 0 Å². The van der Waals surface area contributed by atoms with Crippen LogP contribution in [0.3, 0.4) is 0 Å². The predicted octanol–water partition coefficient (Wildman–Crippen LogP) is 3.30. The smallest absolute Gasteiger partial charge is 0.321 e. The van der Waals surface area contributed by atoms with E-state index in [4.69, 9.17) is 14.2 Å². The molecule has 35 heavy (non-hydrogen) atoms. The van der Waals surface area contributed by atoms with Gasteiger partial charge in [-0.15, -0.1) is 0 Å². The maximum atomic E-state index is 12.9. The number of aromatic nitrogens is 1. The van der Waals surface area contributed by atoms with E-state index in [1.165, 1.54) is 0 Å². The lowest BCUT2D eigenvalue weighted by Crippen LogP contribution is -2.36. The molecule has 0 radical (unpaired) electrons. The van der Waals surface area contributed by atoms with Crippen molar-refractivity contribution in [2.75, 3.05) is 62.8 Å². The Morgan fingerprint density at radius 1 is 1.23 bits per heavy atom. The molecule has 2 aliphatic rings. The molecule has 0 unspecified atom stereocenters. The van der Waals surface area contributed by atoms with Crippen LogP contribution in [-0.2, 0) is 9.47 Å². The van der Waals surface area contributed by atoms with E-state index in [1.807, 2.05) is 51.1 Å². The van der Waals surface area contributed by atoms with Crippen LogP contribution < -0.4 is 15.0 Å². The fourth-order valence-corrected chi connectivity index (χ4v) is 4.45. The highest BCUT2D eigenvalue weighted by atomic mass is 16.5. The first-order chi connectivity index (χ1) is 16.9. The van der Waals surface area contributed by atoms with Gasteiger partial charge < -0.3 is 34.4 Å². The van der Waals surface area contributed by atoms with Crippen LogP contribution in [0.5, 0.6) is 5.88 Å². The SMILES string of the molecule is Cc1ccc(NC(=O)N2CC[C@H](OC(C)C)C2)cc1-c1cc(OCCO)nc(N2CCOCC2)c1. The molecule has 1 aromatic carbocycles. The average molecular weight is 485 g/mol. The second-order valence-corrected chi connectivity index (χ2v) is 9.23. The van der Waals surface area contributed by atoms with E-state index >= 15 is 0 Å². The van der Waals surface area contributed by atoms with Crippen molar-refractivity contribution in [1.82, 2.24) is 9.88 Å². The van der Waals surface area contributed by atoms with Crippen molar-refractivity contribution in [3.63, 3.8) is 0 Å². The van der Waals surface area contributed by atoms with Crippen molar-refractivity contribution in [3.05, 3.63) is 35.9 Å². The van der Waals surface area contributed by atoms with Crippen LogP contribution in [0.15, 0.2) is 30.3 Å². The van der Waals surface area contributed by atoms with E-state index in [1.54, 1.807) is 4.90 Å². The number of amides is 2. The molecule has 0 bridgehead atoms. The third-order valence-electron chi connectivity index (χ3n) is 6.16. The standard InChI is InChI=1S/C26H36N4O5/c1-18(2)35-22-6-7-30(17-22)26(32)27-21-5-4-19(3)23(16-21)20-14-24(29-8-11-33-12-9-29)28-25(15-20)34-13-10-31/h4-5,14-16,18,22,31H,6-13,17H2,1-3H3,(H,27,32)/t22-/m0/s1. The lowest BCUT2D eigenvalue weighted by atomic mass is 10.0. The Morgan fingerprint density at radius 2 is 2.03 bits per heavy atom. The zero-order chi connectivity index (χ0) is 24.8. The Labute approximate surface area is 207 Å². The van der Waals surface area contributed by atoms with Crippen LogP contribution >= 0.6 is 0 Å². The lowest BCUT2D eigenvalue weighted by Gasteiger charge is -2.28. The van der Waals surface area contributed by atoms with Crippen LogP contribution in [0, 0.1) is 6.92 Å². The molecule has 0 aliphatic carbocycles. The highest BCUT2D eigenvalue weighted by molar-refractivity contribution is 5.90. The number of aliphatic hydroxyl groups is 1. The lowest BCUT2D eigenvalue weighted by molar-refractivity contribution is 0.0160. The first-order valence-corrected chi connectivity index (χ1v) is 12.3. The molecule has 2 aromatic rings. The fraction of sp³-hybridized carbons (Fsp3) is 0.538. The molecule has 1 aromatic heterocycles. The largest absolute Gasteiger partial charge is 0.475 e. The van der Waals surface area contributed by atoms with E-state index in [0.717, 1.165) is 47.7 Å². The summed E-state index contributed by atoms with van der Waals surface area (Å²) in [7, 11) is 0. The molecule has 2 fully saturated rings. The molecule has 0 spiro atoms. The molecule has 2 amide bonds. The molecule has 0 saturated carbocycles. The molecular weight excluding hydrogens is 448 g/mol. The molecule has 190 valence electrons. The summed E-state index contributed by atoms with van der Waals surface area (Å²) >= 11 is 0. The van der Waals surface area contributed by atoms with Gasteiger partial charge in [-0.05, 0) is 62.1 Å². The summed E-state index contributed by atoms with van der Waals surface area (Å²) in [6.45, 7) is 10.2. The Kier molecular flexibility index (Phi) is 8.43. The minimum Gasteiger partial charge on any atom is -0.475 e. The van der Waals surface area contributed by atoms with Gasteiger partial charge in [0.05, 0.1) is 32.0 Å². The number of rotatable bonds is 8. The number of aryl methyl sites for hydroxylation is 1. The maximum Gasteiger partial charge on any atom is 0.321 e. The number of carbonyl (C=O) groups excluding carboxylic acids is 1. The van der Waals surface area contributed by atoms with Crippen LogP contribution in [0.4, 0.5) is 16.3 Å². The number of pyridine rings is 1. The quantitative estimate of drug-likeness (QED) is 0.594. The molecule has 4 rings (SSSR count). The van der Waals surface area contributed by atoms with Crippen molar-refractivity contribution in [3.8, 4) is 17.0 Å². The zero-order valence-corrected chi connectivity index (χ0v) is 20.8. The topological polar surface area (TPSA) is 96.4 Å². The van der Waals surface area contributed by atoms with Crippen molar-refractivity contribution < 1.29 is 24.1 Å². The van der Waals surface area contributed by atoms with E-state index in [9.17, 15) is 9.90 Å². The minimum absolute atomic E-state index is 0.0844. The van der Waals surface area contributed by atoms with Gasteiger partial charge in [0.15, 0.2) is 0 Å². The highest BCUT2D eigenvalue weighted by Gasteiger charge is 2.27. The first kappa shape index (κ1) is 25.2. The number of urea groups is 1. The van der Waals surface area contributed by atoms with E-state index in [-0.39, 0.29) is 31.5 Å². The predicted molar refractivity (Wildman–Crippen MR) is 135 cm³/mol. The summed E-state index contributed by atoms with van der Waals surface area (Å²) < 4.78 is 17.0. The Morgan fingerprint density at radius 3 is 2.77 bits per heavy atom. The number of carbonyl (C=O) groups is 1. The summed E-state index contributed by atoms with van der Waals surface area (Å²) in [5.74, 6) is 1.26. The van der Waals surface area contributed by atoms with Crippen LogP contribution in [-0.4, -0.2) is 85.8 Å². The Hall–Kier alpha value is -2.88. The summed E-state index contributed by atoms with van der Waals surface area (Å²) in [4.78, 5) is 21.5. The van der Waals surface area contributed by atoms with Gasteiger partial charge in [0.1, 0.15) is 12.4 Å². The Bertz CT molecular complexity index is 1010. The molecule has 2 N–H and O–H groups in total. The summed E-state index contributed by atoms with van der Waals surface area (Å²) in [5, 5.41) is 12.3. The summed E-state index contributed by atoms with van der Waals surface area (Å²) in [6.07, 6.45) is 1.08. The van der Waals surface area contributed by atoms with Gasteiger partial charge in [-0.2, -0.15) is 4.98 Å². The number of ether oxygens (including phenoxy) is 3. The number of aliphatic hydroxyl groups excluding tert-OH is 1. The number of hydrogen-bond acceptors (Lipinski definition) is 7. The van der Waals surface area contributed by atoms with Crippen molar-refractivity contribution in [2.45, 2.75) is 39.4 Å². The van der Waals surface area contributed by atoms with Gasteiger partial charge in [0, 0.05) is 37.9 Å². The molecule has 9 heteroatoms. The summed E-state index contributed by atoms with van der Waals surface area (Å²) in [5.41, 5.74) is 3.72. The van der Waals surface area contributed by atoms with Gasteiger partial charge in [-0.25, -0.2) is 4.79 Å².